The first-order chi connectivity index (χ1) is 12.9. The molecule has 0 bridgehead atoms. The Hall–Kier alpha value is -2.40. The molecule has 0 radical (unpaired) electrons. The predicted octanol–water partition coefficient (Wildman–Crippen LogP) is 5.30. The van der Waals surface area contributed by atoms with Crippen LogP contribution in [0.25, 0.3) is 10.4 Å². The van der Waals surface area contributed by atoms with Crippen molar-refractivity contribution in [3.63, 3.8) is 0 Å². The van der Waals surface area contributed by atoms with Gasteiger partial charge in [0.25, 0.3) is 5.91 Å². The second kappa shape index (κ2) is 8.09. The molecule has 140 valence electrons. The average molecular weight is 400 g/mol. The summed E-state index contributed by atoms with van der Waals surface area (Å²) in [6, 6.07) is 16.6. The zero-order chi connectivity index (χ0) is 19.4. The molecule has 3 aromatic rings. The highest BCUT2D eigenvalue weighted by Crippen LogP contribution is 2.45. The van der Waals surface area contributed by atoms with Crippen LogP contribution in [-0.4, -0.2) is 19.7 Å². The molecule has 5 nitrogen and oxygen atoms in total. The molecular formula is C20H21N2O3PS. The van der Waals surface area contributed by atoms with Crippen LogP contribution in [0.15, 0.2) is 60.0 Å². The number of hydrogen-bond donors (Lipinski definition) is 2. The van der Waals surface area contributed by atoms with Crippen molar-refractivity contribution < 1.29 is 13.9 Å². The highest BCUT2D eigenvalue weighted by molar-refractivity contribution is 7.57. The third-order valence-corrected chi connectivity index (χ3v) is 6.81. The van der Waals surface area contributed by atoms with Gasteiger partial charge in [-0.15, -0.1) is 11.3 Å². The summed E-state index contributed by atoms with van der Waals surface area (Å²) in [4.78, 5) is 13.7. The summed E-state index contributed by atoms with van der Waals surface area (Å²) in [5.41, 5.74) is 9.47. The van der Waals surface area contributed by atoms with Crippen molar-refractivity contribution in [3.05, 3.63) is 71.1 Å². The monoisotopic (exact) mass is 400 g/mol. The molecule has 3 rings (SSSR count). The number of carbonyl (C=O) groups is 1. The minimum atomic E-state index is -2.64. The number of rotatable bonds is 6. The lowest BCUT2D eigenvalue weighted by molar-refractivity contribution is 0.102. The summed E-state index contributed by atoms with van der Waals surface area (Å²) >= 11 is 1.63. The molecule has 1 amide bonds. The van der Waals surface area contributed by atoms with Crippen LogP contribution in [0, 0.1) is 0 Å². The van der Waals surface area contributed by atoms with Crippen molar-refractivity contribution in [3.8, 4) is 10.4 Å². The van der Waals surface area contributed by atoms with Crippen molar-refractivity contribution in [2.24, 2.45) is 0 Å². The number of anilines is 2. The van der Waals surface area contributed by atoms with Gasteiger partial charge < -0.3 is 15.6 Å². The maximum absolute atomic E-state index is 12.6. The lowest BCUT2D eigenvalue weighted by Gasteiger charge is -2.12. The lowest BCUT2D eigenvalue weighted by Crippen LogP contribution is -2.13. The van der Waals surface area contributed by atoms with E-state index in [0.717, 1.165) is 16.0 Å². The highest BCUT2D eigenvalue weighted by atomic mass is 32.1. The normalized spacial score (nSPS) is 13.1. The minimum Gasteiger partial charge on any atom is -0.397 e. The number of amides is 1. The maximum Gasteiger partial charge on any atom is 0.255 e. The predicted molar refractivity (Wildman–Crippen MR) is 113 cm³/mol. The summed E-state index contributed by atoms with van der Waals surface area (Å²) in [6.07, 6.45) is 0.335. The van der Waals surface area contributed by atoms with Crippen LogP contribution in [0.2, 0.25) is 0 Å². The summed E-state index contributed by atoms with van der Waals surface area (Å²) in [7, 11) is -1.20. The van der Waals surface area contributed by atoms with E-state index in [2.05, 4.69) is 5.32 Å². The molecule has 0 aliphatic carbocycles. The molecule has 1 aromatic heterocycles. The fraction of sp³-hybridized carbons (Fsp3) is 0.150. The van der Waals surface area contributed by atoms with Crippen molar-refractivity contribution in [2.45, 2.75) is 6.16 Å². The molecule has 0 spiro atoms. The van der Waals surface area contributed by atoms with E-state index in [1.807, 2.05) is 29.6 Å². The van der Waals surface area contributed by atoms with Crippen LogP contribution in [-0.2, 0) is 15.3 Å². The Morgan fingerprint density at radius 3 is 2.56 bits per heavy atom. The van der Waals surface area contributed by atoms with Gasteiger partial charge in [0, 0.05) is 30.4 Å². The third kappa shape index (κ3) is 4.86. The average Bonchev–Trinajstić information content (AvgIpc) is 3.18. The van der Waals surface area contributed by atoms with E-state index in [-0.39, 0.29) is 5.91 Å². The van der Waals surface area contributed by atoms with Crippen LogP contribution in [0.5, 0.6) is 0 Å². The van der Waals surface area contributed by atoms with Gasteiger partial charge in [0.1, 0.15) is 0 Å². The standard InChI is InChI=1S/C20H21N2O3PS/c1-25-26(2,24)13-14-5-7-15(8-6-14)20(23)22-18-12-16(9-10-17(18)21)19-4-3-11-27-19/h3-12H,13,21H2,1-2H3,(H,22,23)/t26-/m0/s1. The molecule has 1 heterocycles. The Morgan fingerprint density at radius 2 is 1.93 bits per heavy atom. The van der Waals surface area contributed by atoms with Crippen LogP contribution >= 0.6 is 18.7 Å². The van der Waals surface area contributed by atoms with Gasteiger partial charge in [-0.3, -0.25) is 9.36 Å². The van der Waals surface area contributed by atoms with E-state index in [1.165, 1.54) is 7.11 Å². The maximum atomic E-state index is 12.6. The van der Waals surface area contributed by atoms with Crippen molar-refractivity contribution in [1.29, 1.82) is 0 Å². The molecule has 0 aliphatic heterocycles. The number of hydrogen-bond acceptors (Lipinski definition) is 5. The number of nitrogens with one attached hydrogen (secondary N) is 1. The molecule has 1 atom stereocenters. The topological polar surface area (TPSA) is 81.4 Å². The molecule has 3 N–H and O–H groups in total. The second-order valence-corrected chi connectivity index (χ2v) is 9.94. The van der Waals surface area contributed by atoms with Gasteiger partial charge in [-0.1, -0.05) is 24.3 Å². The number of nitrogens with two attached hydrogens (primary N) is 1. The molecular weight excluding hydrogens is 379 g/mol. The van der Waals surface area contributed by atoms with E-state index in [1.54, 1.807) is 48.3 Å². The van der Waals surface area contributed by atoms with E-state index in [9.17, 15) is 9.36 Å². The van der Waals surface area contributed by atoms with Crippen molar-refractivity contribution >= 4 is 36.0 Å². The fourth-order valence-corrected chi connectivity index (χ4v) is 4.34. The van der Waals surface area contributed by atoms with Gasteiger partial charge in [-0.25, -0.2) is 0 Å². The van der Waals surface area contributed by atoms with Crippen molar-refractivity contribution in [2.75, 3.05) is 24.8 Å². The molecule has 0 saturated carbocycles. The first-order valence-corrected chi connectivity index (χ1v) is 11.5. The minimum absolute atomic E-state index is 0.247. The van der Waals surface area contributed by atoms with Crippen molar-refractivity contribution in [1.82, 2.24) is 0 Å². The summed E-state index contributed by atoms with van der Waals surface area (Å²) in [5, 5.41) is 4.87. The van der Waals surface area contributed by atoms with E-state index >= 15 is 0 Å². The lowest BCUT2D eigenvalue weighted by atomic mass is 10.1. The molecule has 7 heteroatoms. The molecule has 2 aromatic carbocycles. The second-order valence-electron chi connectivity index (χ2n) is 6.29. The quantitative estimate of drug-likeness (QED) is 0.434. The van der Waals surface area contributed by atoms with Gasteiger partial charge in [0.15, 0.2) is 0 Å². The Morgan fingerprint density at radius 1 is 1.19 bits per heavy atom. The van der Waals surface area contributed by atoms with Gasteiger partial charge in [-0.2, -0.15) is 0 Å². The Balaban J connectivity index is 1.76. The molecule has 0 aliphatic rings. The van der Waals surface area contributed by atoms with Gasteiger partial charge in [-0.05, 0) is 46.8 Å². The molecule has 0 saturated heterocycles. The first kappa shape index (κ1) is 19.4. The smallest absolute Gasteiger partial charge is 0.255 e. The van der Waals surface area contributed by atoms with Crippen LogP contribution in [0.3, 0.4) is 0 Å². The van der Waals surface area contributed by atoms with Gasteiger partial charge in [0.05, 0.1) is 11.4 Å². The molecule has 27 heavy (non-hydrogen) atoms. The molecule has 0 fully saturated rings. The van der Waals surface area contributed by atoms with Gasteiger partial charge in [0.2, 0.25) is 7.37 Å². The van der Waals surface area contributed by atoms with E-state index in [0.29, 0.717) is 23.1 Å². The summed E-state index contributed by atoms with van der Waals surface area (Å²) in [5.74, 6) is -0.247. The van der Waals surface area contributed by atoms with Crippen LogP contribution < -0.4 is 11.1 Å². The fourth-order valence-electron chi connectivity index (χ4n) is 2.61. The SMILES string of the molecule is CO[P@](C)(=O)Cc1ccc(C(=O)Nc2cc(-c3cccs3)ccc2N)cc1. The first-order valence-electron chi connectivity index (χ1n) is 8.34. The van der Waals surface area contributed by atoms with E-state index < -0.39 is 7.37 Å². The number of benzene rings is 2. The Labute approximate surface area is 162 Å². The number of carbonyl (C=O) groups excluding carboxylic acids is 1. The summed E-state index contributed by atoms with van der Waals surface area (Å²) < 4.78 is 17.1. The number of nitrogen functional groups attached to an aromatic ring is 1. The Kier molecular flexibility index (Phi) is 5.80. The van der Waals surface area contributed by atoms with Gasteiger partial charge >= 0.3 is 0 Å². The zero-order valence-corrected chi connectivity index (χ0v) is 16.8. The van der Waals surface area contributed by atoms with E-state index in [4.69, 9.17) is 10.3 Å². The van der Waals surface area contributed by atoms with Crippen LogP contribution in [0.1, 0.15) is 15.9 Å². The highest BCUT2D eigenvalue weighted by Gasteiger charge is 2.15. The zero-order valence-electron chi connectivity index (χ0n) is 15.1. The summed E-state index contributed by atoms with van der Waals surface area (Å²) in [6.45, 7) is 1.59. The Bertz CT molecular complexity index is 985. The third-order valence-electron chi connectivity index (χ3n) is 4.18. The molecule has 0 unspecified atom stereocenters. The largest absolute Gasteiger partial charge is 0.397 e. The number of thiophene rings is 1. The van der Waals surface area contributed by atoms with Crippen LogP contribution in [0.4, 0.5) is 11.4 Å².